The van der Waals surface area contributed by atoms with Crippen molar-refractivity contribution in [3.8, 4) is 0 Å². The van der Waals surface area contributed by atoms with Gasteiger partial charge in [-0.05, 0) is 30.5 Å². The van der Waals surface area contributed by atoms with Gasteiger partial charge in [-0.2, -0.15) is 0 Å². The van der Waals surface area contributed by atoms with Crippen molar-refractivity contribution in [2.75, 3.05) is 6.54 Å². The predicted molar refractivity (Wildman–Crippen MR) is 84.1 cm³/mol. The molecule has 1 N–H and O–H groups in total. The fraction of sp³-hybridized carbons (Fsp3) is 0.625. The summed E-state index contributed by atoms with van der Waals surface area (Å²) in [6, 6.07) is 6.29. The van der Waals surface area contributed by atoms with Crippen LogP contribution in [-0.2, 0) is 0 Å². The molecular weight excluding hydrogens is 277 g/mol. The van der Waals surface area contributed by atoms with Crippen LogP contribution in [0.5, 0.6) is 0 Å². The Hall–Kier alpha value is -0.240. The van der Waals surface area contributed by atoms with Gasteiger partial charge in [0.15, 0.2) is 0 Å². The van der Waals surface area contributed by atoms with Gasteiger partial charge in [0, 0.05) is 6.04 Å². The maximum absolute atomic E-state index is 6.37. The molecule has 2 rings (SSSR count). The van der Waals surface area contributed by atoms with E-state index in [2.05, 4.69) is 18.3 Å². The molecule has 1 aromatic rings. The normalized spacial score (nSPS) is 18.5. The van der Waals surface area contributed by atoms with Crippen LogP contribution in [0.3, 0.4) is 0 Å². The fourth-order valence-electron chi connectivity index (χ4n) is 3.11. The van der Waals surface area contributed by atoms with Crippen molar-refractivity contribution in [3.05, 3.63) is 33.8 Å². The van der Waals surface area contributed by atoms with Crippen molar-refractivity contribution in [1.82, 2.24) is 5.32 Å². The monoisotopic (exact) mass is 299 g/mol. The zero-order chi connectivity index (χ0) is 13.7. The van der Waals surface area contributed by atoms with Crippen molar-refractivity contribution in [1.29, 1.82) is 0 Å². The molecule has 1 atom stereocenters. The average molecular weight is 300 g/mol. The summed E-state index contributed by atoms with van der Waals surface area (Å²) >= 11 is 12.5. The van der Waals surface area contributed by atoms with Crippen molar-refractivity contribution in [2.24, 2.45) is 5.92 Å². The van der Waals surface area contributed by atoms with Crippen LogP contribution in [0.25, 0.3) is 0 Å². The number of hydrogen-bond donors (Lipinski definition) is 1. The molecule has 1 fully saturated rings. The highest BCUT2D eigenvalue weighted by Crippen LogP contribution is 2.36. The van der Waals surface area contributed by atoms with E-state index >= 15 is 0 Å². The molecule has 0 saturated heterocycles. The SMILES string of the molecule is CCNC(CC1CCCCC1)c1cccc(Cl)c1Cl. The number of rotatable bonds is 5. The van der Waals surface area contributed by atoms with E-state index in [1.807, 2.05) is 12.1 Å². The maximum Gasteiger partial charge on any atom is 0.0640 e. The van der Waals surface area contributed by atoms with Gasteiger partial charge in [-0.3, -0.25) is 0 Å². The standard InChI is InChI=1S/C16H23Cl2N/c1-2-19-15(11-12-7-4-3-5-8-12)13-9-6-10-14(17)16(13)18/h6,9-10,12,15,19H,2-5,7-8,11H2,1H3. The third-order valence-electron chi connectivity index (χ3n) is 4.10. The van der Waals surface area contributed by atoms with Gasteiger partial charge >= 0.3 is 0 Å². The second-order valence-corrected chi connectivity index (χ2v) is 6.28. The lowest BCUT2D eigenvalue weighted by molar-refractivity contribution is 0.301. The summed E-state index contributed by atoms with van der Waals surface area (Å²) in [7, 11) is 0. The van der Waals surface area contributed by atoms with E-state index in [0.29, 0.717) is 16.1 Å². The molecule has 0 bridgehead atoms. The number of hydrogen-bond acceptors (Lipinski definition) is 1. The number of halogens is 2. The highest BCUT2D eigenvalue weighted by atomic mass is 35.5. The highest BCUT2D eigenvalue weighted by molar-refractivity contribution is 6.42. The Morgan fingerprint density at radius 3 is 2.63 bits per heavy atom. The molecule has 0 heterocycles. The Morgan fingerprint density at radius 1 is 1.21 bits per heavy atom. The van der Waals surface area contributed by atoms with E-state index in [4.69, 9.17) is 23.2 Å². The van der Waals surface area contributed by atoms with Crippen LogP contribution in [0.2, 0.25) is 10.0 Å². The molecule has 1 saturated carbocycles. The minimum absolute atomic E-state index is 0.333. The summed E-state index contributed by atoms with van der Waals surface area (Å²) in [5, 5.41) is 4.94. The maximum atomic E-state index is 6.37. The topological polar surface area (TPSA) is 12.0 Å². The first-order valence-electron chi connectivity index (χ1n) is 7.39. The van der Waals surface area contributed by atoms with E-state index in [1.54, 1.807) is 0 Å². The summed E-state index contributed by atoms with van der Waals surface area (Å²) in [5.74, 6) is 0.827. The molecule has 19 heavy (non-hydrogen) atoms. The highest BCUT2D eigenvalue weighted by Gasteiger charge is 2.21. The van der Waals surface area contributed by atoms with Crippen LogP contribution in [0.15, 0.2) is 18.2 Å². The fourth-order valence-corrected chi connectivity index (χ4v) is 3.55. The second kappa shape index (κ2) is 7.52. The van der Waals surface area contributed by atoms with Crippen LogP contribution in [-0.4, -0.2) is 6.54 Å². The molecule has 0 amide bonds. The van der Waals surface area contributed by atoms with E-state index in [0.717, 1.165) is 18.0 Å². The first-order valence-corrected chi connectivity index (χ1v) is 8.15. The minimum atomic E-state index is 0.333. The summed E-state index contributed by atoms with van der Waals surface area (Å²) < 4.78 is 0. The Balaban J connectivity index is 2.11. The summed E-state index contributed by atoms with van der Waals surface area (Å²) in [5.41, 5.74) is 1.15. The zero-order valence-electron chi connectivity index (χ0n) is 11.6. The molecule has 0 aliphatic heterocycles. The van der Waals surface area contributed by atoms with Crippen LogP contribution in [0.4, 0.5) is 0 Å². The van der Waals surface area contributed by atoms with Crippen LogP contribution < -0.4 is 5.32 Å². The Labute approximate surface area is 126 Å². The molecule has 1 nitrogen and oxygen atoms in total. The summed E-state index contributed by atoms with van der Waals surface area (Å²) in [6.07, 6.45) is 8.06. The lowest BCUT2D eigenvalue weighted by Gasteiger charge is -2.28. The second-order valence-electron chi connectivity index (χ2n) is 5.49. The molecule has 1 aliphatic rings. The van der Waals surface area contributed by atoms with Crippen LogP contribution in [0.1, 0.15) is 57.1 Å². The minimum Gasteiger partial charge on any atom is -0.310 e. The van der Waals surface area contributed by atoms with Gasteiger partial charge in [-0.1, -0.05) is 74.4 Å². The van der Waals surface area contributed by atoms with Gasteiger partial charge in [-0.25, -0.2) is 0 Å². The van der Waals surface area contributed by atoms with Gasteiger partial charge in [0.1, 0.15) is 0 Å². The zero-order valence-corrected chi connectivity index (χ0v) is 13.1. The number of benzene rings is 1. The van der Waals surface area contributed by atoms with E-state index < -0.39 is 0 Å². The van der Waals surface area contributed by atoms with Gasteiger partial charge in [0.25, 0.3) is 0 Å². The molecule has 106 valence electrons. The van der Waals surface area contributed by atoms with E-state index in [9.17, 15) is 0 Å². The van der Waals surface area contributed by atoms with Gasteiger partial charge in [0.05, 0.1) is 10.0 Å². The summed E-state index contributed by atoms with van der Waals surface area (Å²) in [4.78, 5) is 0. The lowest BCUT2D eigenvalue weighted by atomic mass is 9.83. The van der Waals surface area contributed by atoms with Gasteiger partial charge < -0.3 is 5.32 Å². The lowest BCUT2D eigenvalue weighted by Crippen LogP contribution is -2.24. The van der Waals surface area contributed by atoms with Crippen molar-refractivity contribution < 1.29 is 0 Å². The van der Waals surface area contributed by atoms with E-state index in [-0.39, 0.29) is 0 Å². The molecule has 1 unspecified atom stereocenters. The molecule has 1 aliphatic carbocycles. The molecule has 0 radical (unpaired) electrons. The first kappa shape index (κ1) is 15.2. The average Bonchev–Trinajstić information content (AvgIpc) is 2.43. The van der Waals surface area contributed by atoms with Gasteiger partial charge in [-0.15, -0.1) is 0 Å². The molecule has 1 aromatic carbocycles. The van der Waals surface area contributed by atoms with E-state index in [1.165, 1.54) is 38.5 Å². The van der Waals surface area contributed by atoms with Crippen molar-refractivity contribution in [2.45, 2.75) is 51.5 Å². The van der Waals surface area contributed by atoms with Crippen LogP contribution >= 0.6 is 23.2 Å². The van der Waals surface area contributed by atoms with Crippen LogP contribution in [0, 0.1) is 5.92 Å². The largest absolute Gasteiger partial charge is 0.310 e. The molecule has 3 heteroatoms. The molecule has 0 aromatic heterocycles. The third-order valence-corrected chi connectivity index (χ3v) is 4.93. The summed E-state index contributed by atoms with van der Waals surface area (Å²) in [6.45, 7) is 3.10. The Kier molecular flexibility index (Phi) is 6.00. The molecular formula is C16H23Cl2N. The third kappa shape index (κ3) is 4.11. The smallest absolute Gasteiger partial charge is 0.0640 e. The van der Waals surface area contributed by atoms with Crippen molar-refractivity contribution in [3.63, 3.8) is 0 Å². The number of nitrogens with one attached hydrogen (secondary N) is 1. The predicted octanol–water partition coefficient (Wildman–Crippen LogP) is 5.61. The Bertz CT molecular complexity index is 400. The van der Waals surface area contributed by atoms with Gasteiger partial charge in [0.2, 0.25) is 0 Å². The Morgan fingerprint density at radius 2 is 1.95 bits per heavy atom. The molecule has 0 spiro atoms. The quantitative estimate of drug-likeness (QED) is 0.744. The first-order chi connectivity index (χ1) is 9.22. The van der Waals surface area contributed by atoms with Crippen molar-refractivity contribution >= 4 is 23.2 Å².